The van der Waals surface area contributed by atoms with E-state index in [1.54, 1.807) is 0 Å². The first-order valence-corrected chi connectivity index (χ1v) is 8.60. The smallest absolute Gasteiger partial charge is 0.378 e. The van der Waals surface area contributed by atoms with Gasteiger partial charge in [0.2, 0.25) is 5.91 Å². The van der Waals surface area contributed by atoms with Crippen LogP contribution in [0.1, 0.15) is 37.9 Å². The molecule has 3 N–H and O–H groups in total. The van der Waals surface area contributed by atoms with Crippen molar-refractivity contribution in [3.8, 4) is 0 Å². The lowest BCUT2D eigenvalue weighted by Gasteiger charge is -2.57. The molecule has 0 saturated heterocycles. The summed E-state index contributed by atoms with van der Waals surface area (Å²) in [5.74, 6) is -0.309. The number of nitrogens with two attached hydrogens (primary N) is 1. The zero-order valence-electron chi connectivity index (χ0n) is 13.9. The van der Waals surface area contributed by atoms with E-state index in [1.165, 1.54) is 0 Å². The molecule has 2 atom stereocenters. The summed E-state index contributed by atoms with van der Waals surface area (Å²) >= 11 is 0.928. The lowest BCUT2D eigenvalue weighted by molar-refractivity contribution is -0.170. The van der Waals surface area contributed by atoms with Crippen LogP contribution in [0.4, 0.5) is 13.2 Å². The molecule has 2 unspecified atom stereocenters. The molecule has 0 aliphatic heterocycles. The molecule has 1 aromatic heterocycles. The van der Waals surface area contributed by atoms with Crippen LogP contribution in [0.15, 0.2) is 5.38 Å². The molecular weight excluding hydrogens is 343 g/mol. The zero-order valence-corrected chi connectivity index (χ0v) is 14.7. The number of thiazole rings is 1. The Morgan fingerprint density at radius 3 is 2.71 bits per heavy atom. The Labute approximate surface area is 142 Å². The molecule has 1 aromatic rings. The van der Waals surface area contributed by atoms with E-state index < -0.39 is 22.8 Å². The van der Waals surface area contributed by atoms with Gasteiger partial charge in [-0.2, -0.15) is 13.2 Å². The van der Waals surface area contributed by atoms with Crippen LogP contribution in [0.3, 0.4) is 0 Å². The summed E-state index contributed by atoms with van der Waals surface area (Å²) in [6.45, 7) is 6.39. The highest BCUT2D eigenvalue weighted by atomic mass is 32.1. The summed E-state index contributed by atoms with van der Waals surface area (Å²) in [7, 11) is 0. The molecule has 0 bridgehead atoms. The number of amides is 1. The van der Waals surface area contributed by atoms with Crippen LogP contribution in [0, 0.1) is 5.41 Å². The van der Waals surface area contributed by atoms with Gasteiger partial charge in [-0.15, -0.1) is 11.3 Å². The first-order valence-electron chi connectivity index (χ1n) is 7.72. The highest BCUT2D eigenvalue weighted by Crippen LogP contribution is 2.49. The fourth-order valence-corrected chi connectivity index (χ4v) is 3.62. The van der Waals surface area contributed by atoms with E-state index in [0.717, 1.165) is 16.7 Å². The summed E-state index contributed by atoms with van der Waals surface area (Å²) in [4.78, 5) is 15.9. The Hall–Kier alpha value is -1.19. The lowest BCUT2D eigenvalue weighted by Crippen LogP contribution is -2.75. The van der Waals surface area contributed by atoms with E-state index in [-0.39, 0.29) is 25.0 Å². The molecule has 0 aromatic carbocycles. The molecule has 136 valence electrons. The van der Waals surface area contributed by atoms with Crippen molar-refractivity contribution in [2.45, 2.75) is 51.4 Å². The topological polar surface area (TPSA) is 77.2 Å². The number of ether oxygens (including phenoxy) is 1. The first-order chi connectivity index (χ1) is 11.0. The number of carbonyl (C=O) groups is 1. The quantitative estimate of drug-likeness (QED) is 0.811. The maximum absolute atomic E-state index is 12.5. The van der Waals surface area contributed by atoms with Crippen molar-refractivity contribution in [3.05, 3.63) is 16.1 Å². The van der Waals surface area contributed by atoms with E-state index in [4.69, 9.17) is 10.5 Å². The Balaban J connectivity index is 1.87. The minimum Gasteiger partial charge on any atom is -0.378 e. The van der Waals surface area contributed by atoms with Gasteiger partial charge in [-0.3, -0.25) is 4.79 Å². The summed E-state index contributed by atoms with van der Waals surface area (Å²) < 4.78 is 43.0. The average molecular weight is 365 g/mol. The third-order valence-corrected chi connectivity index (χ3v) is 5.61. The van der Waals surface area contributed by atoms with Gasteiger partial charge in [0, 0.05) is 36.8 Å². The van der Waals surface area contributed by atoms with Gasteiger partial charge in [0.15, 0.2) is 5.69 Å². The van der Waals surface area contributed by atoms with Crippen LogP contribution in [-0.4, -0.2) is 35.7 Å². The van der Waals surface area contributed by atoms with E-state index in [2.05, 4.69) is 10.3 Å². The van der Waals surface area contributed by atoms with Crippen LogP contribution in [0.5, 0.6) is 0 Å². The molecule has 1 heterocycles. The van der Waals surface area contributed by atoms with E-state index in [1.807, 2.05) is 20.8 Å². The number of hydrogen-bond donors (Lipinski definition) is 2. The Kier molecular flexibility index (Phi) is 5.27. The molecule has 1 fully saturated rings. The van der Waals surface area contributed by atoms with Crippen LogP contribution < -0.4 is 11.1 Å². The van der Waals surface area contributed by atoms with Crippen LogP contribution in [0.2, 0.25) is 0 Å². The lowest BCUT2D eigenvalue weighted by atomic mass is 9.54. The van der Waals surface area contributed by atoms with Crippen molar-refractivity contribution in [1.82, 2.24) is 10.3 Å². The molecule has 0 spiro atoms. The number of halogens is 3. The van der Waals surface area contributed by atoms with Gasteiger partial charge in [-0.05, 0) is 6.92 Å². The number of carbonyl (C=O) groups excluding carboxylic acids is 1. The summed E-state index contributed by atoms with van der Waals surface area (Å²) in [5.41, 5.74) is 3.80. The third kappa shape index (κ3) is 3.43. The van der Waals surface area contributed by atoms with Gasteiger partial charge in [0.1, 0.15) is 5.54 Å². The van der Waals surface area contributed by atoms with Crippen molar-refractivity contribution in [1.29, 1.82) is 0 Å². The first kappa shape index (κ1) is 19.1. The number of alkyl halides is 3. The molecular formula is C15H22F3N3O2S. The standard InChI is InChI=1S/C15H22F3N3O2S/c1-4-23-10-7-14(19,13(10,2)3)12(22)20-6-5-11-21-9(8-24-11)15(16,17)18/h8,10H,4-7,19H2,1-3H3,(H,20,22). The van der Waals surface area contributed by atoms with Gasteiger partial charge in [0.25, 0.3) is 0 Å². The summed E-state index contributed by atoms with van der Waals surface area (Å²) in [5, 5.41) is 4.01. The van der Waals surface area contributed by atoms with Crippen molar-refractivity contribution in [2.75, 3.05) is 13.2 Å². The maximum atomic E-state index is 12.5. The SMILES string of the molecule is CCOC1CC(N)(C(=O)NCCc2nc(C(F)(F)F)cs2)C1(C)C. The summed E-state index contributed by atoms with van der Waals surface area (Å²) in [6, 6.07) is 0. The second-order valence-corrected chi connectivity index (χ2v) is 7.41. The average Bonchev–Trinajstić information content (AvgIpc) is 2.95. The van der Waals surface area contributed by atoms with Crippen molar-refractivity contribution >= 4 is 17.2 Å². The predicted octanol–water partition coefficient (Wildman–Crippen LogP) is 2.35. The van der Waals surface area contributed by atoms with Crippen molar-refractivity contribution < 1.29 is 22.7 Å². The van der Waals surface area contributed by atoms with Crippen molar-refractivity contribution in [3.63, 3.8) is 0 Å². The normalized spacial score (nSPS) is 26.0. The molecule has 1 saturated carbocycles. The van der Waals surface area contributed by atoms with Crippen LogP contribution in [0.25, 0.3) is 0 Å². The van der Waals surface area contributed by atoms with E-state index >= 15 is 0 Å². The minimum absolute atomic E-state index is 0.0773. The predicted molar refractivity (Wildman–Crippen MR) is 84.6 cm³/mol. The number of nitrogens with zero attached hydrogens (tertiary/aromatic N) is 1. The highest BCUT2D eigenvalue weighted by molar-refractivity contribution is 7.09. The number of rotatable bonds is 6. The Morgan fingerprint density at radius 1 is 1.54 bits per heavy atom. The zero-order chi connectivity index (χ0) is 18.2. The number of nitrogens with one attached hydrogen (secondary N) is 1. The van der Waals surface area contributed by atoms with Crippen LogP contribution in [-0.2, 0) is 22.1 Å². The second-order valence-electron chi connectivity index (χ2n) is 6.47. The second kappa shape index (κ2) is 6.61. The van der Waals surface area contributed by atoms with Gasteiger partial charge in [-0.1, -0.05) is 13.8 Å². The van der Waals surface area contributed by atoms with Gasteiger partial charge >= 0.3 is 6.18 Å². The molecule has 0 radical (unpaired) electrons. The maximum Gasteiger partial charge on any atom is 0.434 e. The number of aromatic nitrogens is 1. The largest absolute Gasteiger partial charge is 0.434 e. The Morgan fingerprint density at radius 2 is 2.21 bits per heavy atom. The van der Waals surface area contributed by atoms with Crippen LogP contribution >= 0.6 is 11.3 Å². The fraction of sp³-hybridized carbons (Fsp3) is 0.733. The molecule has 2 rings (SSSR count). The van der Waals surface area contributed by atoms with E-state index in [9.17, 15) is 18.0 Å². The molecule has 1 amide bonds. The van der Waals surface area contributed by atoms with Gasteiger partial charge in [-0.25, -0.2) is 4.98 Å². The molecule has 1 aliphatic rings. The summed E-state index contributed by atoms with van der Waals surface area (Å²) in [6.07, 6.45) is -3.86. The number of hydrogen-bond acceptors (Lipinski definition) is 5. The van der Waals surface area contributed by atoms with Crippen molar-refractivity contribution in [2.24, 2.45) is 11.1 Å². The molecule has 1 aliphatic carbocycles. The third-order valence-electron chi connectivity index (χ3n) is 4.70. The van der Waals surface area contributed by atoms with Gasteiger partial charge in [0.05, 0.1) is 11.1 Å². The monoisotopic (exact) mass is 365 g/mol. The highest BCUT2D eigenvalue weighted by Gasteiger charge is 2.62. The molecule has 9 heteroatoms. The van der Waals surface area contributed by atoms with Gasteiger partial charge < -0.3 is 15.8 Å². The Bertz CT molecular complexity index is 603. The molecule has 24 heavy (non-hydrogen) atoms. The minimum atomic E-state index is -4.44. The fourth-order valence-electron chi connectivity index (χ4n) is 2.82. The molecule has 5 nitrogen and oxygen atoms in total. The van der Waals surface area contributed by atoms with E-state index in [0.29, 0.717) is 18.0 Å².